The van der Waals surface area contributed by atoms with Crippen LogP contribution in [0.1, 0.15) is 18.0 Å². The van der Waals surface area contributed by atoms with Crippen molar-refractivity contribution in [1.82, 2.24) is 24.8 Å². The number of nitrogens with one attached hydrogen (secondary N) is 1. The van der Waals surface area contributed by atoms with Gasteiger partial charge in [0.15, 0.2) is 5.65 Å². The number of aromatic nitrogens is 5. The minimum absolute atomic E-state index is 0.141. The van der Waals surface area contributed by atoms with Crippen molar-refractivity contribution < 1.29 is 4.39 Å². The molecular formula is C16H14FN7S. The molecule has 0 aliphatic carbocycles. The number of anilines is 2. The smallest absolute Gasteiger partial charge is 0.203 e. The normalized spacial score (nSPS) is 12.4. The second-order valence-electron chi connectivity index (χ2n) is 5.45. The first-order valence-electron chi connectivity index (χ1n) is 7.57. The zero-order valence-corrected chi connectivity index (χ0v) is 14.0. The van der Waals surface area contributed by atoms with Gasteiger partial charge in [0.25, 0.3) is 0 Å². The standard InChI is InChI=1S/C16H14FN7S/c1-9(15-22-23-16(18)25-15)20-14-8-12(10-4-2-3-5-11(10)17)21-13-6-7-19-24(13)14/h2-9,20H,1H3,(H2,18,23). The first-order chi connectivity index (χ1) is 12.1. The van der Waals surface area contributed by atoms with Crippen LogP contribution in [-0.4, -0.2) is 24.8 Å². The van der Waals surface area contributed by atoms with E-state index in [4.69, 9.17) is 5.73 Å². The van der Waals surface area contributed by atoms with Crippen molar-refractivity contribution in [1.29, 1.82) is 0 Å². The Morgan fingerprint density at radius 2 is 2.08 bits per heavy atom. The van der Waals surface area contributed by atoms with E-state index in [9.17, 15) is 4.39 Å². The summed E-state index contributed by atoms with van der Waals surface area (Å²) in [5.74, 6) is 0.351. The molecule has 0 saturated heterocycles. The molecule has 0 aliphatic rings. The van der Waals surface area contributed by atoms with Crippen LogP contribution in [0.15, 0.2) is 42.6 Å². The SMILES string of the molecule is CC(Nc1cc(-c2ccccc2F)nc2ccnn12)c1nnc(N)s1. The van der Waals surface area contributed by atoms with Crippen LogP contribution < -0.4 is 11.1 Å². The average Bonchev–Trinajstić information content (AvgIpc) is 3.24. The maximum absolute atomic E-state index is 14.1. The highest BCUT2D eigenvalue weighted by Gasteiger charge is 2.15. The number of nitrogens with zero attached hydrogens (tertiary/aromatic N) is 5. The topological polar surface area (TPSA) is 94.0 Å². The van der Waals surface area contributed by atoms with Crippen LogP contribution in [-0.2, 0) is 0 Å². The Labute approximate surface area is 146 Å². The van der Waals surface area contributed by atoms with Crippen LogP contribution in [0.5, 0.6) is 0 Å². The molecular weight excluding hydrogens is 341 g/mol. The van der Waals surface area contributed by atoms with E-state index in [1.807, 2.05) is 6.92 Å². The summed E-state index contributed by atoms with van der Waals surface area (Å²) >= 11 is 1.31. The molecule has 4 aromatic rings. The quantitative estimate of drug-likeness (QED) is 0.584. The van der Waals surface area contributed by atoms with Gasteiger partial charge in [0.1, 0.15) is 16.6 Å². The number of nitrogens with two attached hydrogens (primary N) is 1. The summed E-state index contributed by atoms with van der Waals surface area (Å²) < 4.78 is 15.8. The Balaban J connectivity index is 1.77. The number of hydrogen-bond acceptors (Lipinski definition) is 7. The number of fused-ring (bicyclic) bond motifs is 1. The maximum Gasteiger partial charge on any atom is 0.203 e. The lowest BCUT2D eigenvalue weighted by molar-refractivity contribution is 0.630. The van der Waals surface area contributed by atoms with Crippen molar-refractivity contribution >= 4 is 27.9 Å². The molecule has 0 fully saturated rings. The fraction of sp³-hybridized carbons (Fsp3) is 0.125. The summed E-state index contributed by atoms with van der Waals surface area (Å²) in [6.45, 7) is 1.94. The highest BCUT2D eigenvalue weighted by Crippen LogP contribution is 2.27. The predicted octanol–water partition coefficient (Wildman–Crippen LogP) is 3.14. The van der Waals surface area contributed by atoms with Gasteiger partial charge in [0, 0.05) is 17.7 Å². The summed E-state index contributed by atoms with van der Waals surface area (Å²) in [5.41, 5.74) is 7.22. The van der Waals surface area contributed by atoms with E-state index in [0.29, 0.717) is 27.9 Å². The summed E-state index contributed by atoms with van der Waals surface area (Å²) in [6.07, 6.45) is 1.65. The molecule has 3 aromatic heterocycles. The Hall–Kier alpha value is -3.07. The molecule has 9 heteroatoms. The minimum Gasteiger partial charge on any atom is -0.374 e. The number of rotatable bonds is 4. The van der Waals surface area contributed by atoms with Crippen molar-refractivity contribution in [3.63, 3.8) is 0 Å². The third-order valence-corrected chi connectivity index (χ3v) is 4.64. The second-order valence-corrected chi connectivity index (χ2v) is 6.49. The Morgan fingerprint density at radius 3 is 2.84 bits per heavy atom. The fourth-order valence-corrected chi connectivity index (χ4v) is 3.14. The summed E-state index contributed by atoms with van der Waals surface area (Å²) in [4.78, 5) is 4.49. The van der Waals surface area contributed by atoms with Gasteiger partial charge in [-0.3, -0.25) is 0 Å². The summed E-state index contributed by atoms with van der Waals surface area (Å²) in [5, 5.41) is 16.6. The van der Waals surface area contributed by atoms with Crippen molar-refractivity contribution in [3.05, 3.63) is 53.4 Å². The molecule has 1 aromatic carbocycles. The van der Waals surface area contributed by atoms with Crippen molar-refractivity contribution in [3.8, 4) is 11.3 Å². The van der Waals surface area contributed by atoms with Gasteiger partial charge in [-0.05, 0) is 19.1 Å². The summed E-state index contributed by atoms with van der Waals surface area (Å²) in [7, 11) is 0. The van der Waals surface area contributed by atoms with Gasteiger partial charge < -0.3 is 11.1 Å². The van der Waals surface area contributed by atoms with E-state index in [1.54, 1.807) is 41.0 Å². The number of benzene rings is 1. The zero-order chi connectivity index (χ0) is 17.4. The van der Waals surface area contributed by atoms with Crippen LogP contribution in [0.25, 0.3) is 16.9 Å². The zero-order valence-electron chi connectivity index (χ0n) is 13.2. The van der Waals surface area contributed by atoms with Gasteiger partial charge in [0.2, 0.25) is 5.13 Å². The van der Waals surface area contributed by atoms with E-state index < -0.39 is 0 Å². The molecule has 25 heavy (non-hydrogen) atoms. The van der Waals surface area contributed by atoms with Crippen LogP contribution in [0.4, 0.5) is 15.3 Å². The average molecular weight is 355 g/mol. The highest BCUT2D eigenvalue weighted by atomic mass is 32.1. The first-order valence-corrected chi connectivity index (χ1v) is 8.38. The molecule has 0 spiro atoms. The van der Waals surface area contributed by atoms with Crippen molar-refractivity contribution in [2.45, 2.75) is 13.0 Å². The van der Waals surface area contributed by atoms with Crippen LogP contribution in [0, 0.1) is 5.82 Å². The predicted molar refractivity (Wildman–Crippen MR) is 94.7 cm³/mol. The van der Waals surface area contributed by atoms with Crippen LogP contribution >= 0.6 is 11.3 Å². The molecule has 1 atom stereocenters. The molecule has 126 valence electrons. The molecule has 3 heterocycles. The molecule has 7 nitrogen and oxygen atoms in total. The largest absolute Gasteiger partial charge is 0.374 e. The lowest BCUT2D eigenvalue weighted by Crippen LogP contribution is -2.11. The Morgan fingerprint density at radius 1 is 1.24 bits per heavy atom. The van der Waals surface area contributed by atoms with Gasteiger partial charge in [-0.2, -0.15) is 9.61 Å². The Bertz CT molecular complexity index is 1040. The van der Waals surface area contributed by atoms with Gasteiger partial charge in [-0.25, -0.2) is 9.37 Å². The van der Waals surface area contributed by atoms with Crippen LogP contribution in [0.3, 0.4) is 0 Å². The molecule has 4 rings (SSSR count). The van der Waals surface area contributed by atoms with Gasteiger partial charge in [0.05, 0.1) is 17.9 Å². The molecule has 0 radical (unpaired) electrons. The van der Waals surface area contributed by atoms with Crippen molar-refractivity contribution in [2.75, 3.05) is 11.1 Å². The van der Waals surface area contributed by atoms with E-state index in [0.717, 1.165) is 5.01 Å². The van der Waals surface area contributed by atoms with Gasteiger partial charge in [-0.1, -0.05) is 23.5 Å². The highest BCUT2D eigenvalue weighted by molar-refractivity contribution is 7.15. The summed E-state index contributed by atoms with van der Waals surface area (Å²) in [6, 6.07) is 9.93. The van der Waals surface area contributed by atoms with E-state index >= 15 is 0 Å². The lowest BCUT2D eigenvalue weighted by Gasteiger charge is -2.14. The monoisotopic (exact) mass is 355 g/mol. The second kappa shape index (κ2) is 6.10. The first kappa shape index (κ1) is 15.5. The third kappa shape index (κ3) is 2.89. The lowest BCUT2D eigenvalue weighted by atomic mass is 10.1. The molecule has 0 saturated carbocycles. The fourth-order valence-electron chi connectivity index (χ4n) is 2.53. The third-order valence-electron chi connectivity index (χ3n) is 3.70. The van der Waals surface area contributed by atoms with Gasteiger partial charge >= 0.3 is 0 Å². The molecule has 0 amide bonds. The molecule has 3 N–H and O–H groups in total. The van der Waals surface area contributed by atoms with Crippen LogP contribution in [0.2, 0.25) is 0 Å². The van der Waals surface area contributed by atoms with Crippen molar-refractivity contribution in [2.24, 2.45) is 0 Å². The minimum atomic E-state index is -0.324. The number of hydrogen-bond donors (Lipinski definition) is 2. The number of halogens is 1. The van der Waals surface area contributed by atoms with E-state index in [1.165, 1.54) is 17.4 Å². The molecule has 1 unspecified atom stereocenters. The van der Waals surface area contributed by atoms with Gasteiger partial charge in [-0.15, -0.1) is 10.2 Å². The number of nitrogen functional groups attached to an aromatic ring is 1. The molecule has 0 aliphatic heterocycles. The Kier molecular flexibility index (Phi) is 3.77. The molecule has 0 bridgehead atoms. The maximum atomic E-state index is 14.1. The van der Waals surface area contributed by atoms with E-state index in [-0.39, 0.29) is 11.9 Å². The van der Waals surface area contributed by atoms with E-state index in [2.05, 4.69) is 25.6 Å².